The second kappa shape index (κ2) is 6.75. The van der Waals surface area contributed by atoms with Crippen LogP contribution in [0.15, 0.2) is 42.5 Å². The molecule has 2 atom stereocenters. The van der Waals surface area contributed by atoms with Gasteiger partial charge >= 0.3 is 6.18 Å². The summed E-state index contributed by atoms with van der Waals surface area (Å²) in [6.45, 7) is 1.76. The number of fused-ring (bicyclic) bond motifs is 5. The van der Waals surface area contributed by atoms with E-state index in [2.05, 4.69) is 0 Å². The Morgan fingerprint density at radius 1 is 1.06 bits per heavy atom. The zero-order valence-electron chi connectivity index (χ0n) is 17.4. The summed E-state index contributed by atoms with van der Waals surface area (Å²) in [4.78, 5) is 0. The molecular formula is C24H18F4N2O3. The van der Waals surface area contributed by atoms with Crippen LogP contribution in [-0.4, -0.2) is 14.8 Å². The van der Waals surface area contributed by atoms with Crippen LogP contribution in [0.3, 0.4) is 0 Å². The van der Waals surface area contributed by atoms with Gasteiger partial charge in [0.05, 0.1) is 39.6 Å². The highest BCUT2D eigenvalue weighted by Gasteiger charge is 2.61. The molecule has 170 valence electrons. The van der Waals surface area contributed by atoms with Crippen LogP contribution in [0.4, 0.5) is 17.6 Å². The van der Waals surface area contributed by atoms with E-state index >= 15 is 0 Å². The van der Waals surface area contributed by atoms with Gasteiger partial charge in [-0.1, -0.05) is 12.1 Å². The van der Waals surface area contributed by atoms with Gasteiger partial charge in [0.1, 0.15) is 11.4 Å². The average Bonchev–Trinajstić information content (AvgIpc) is 3.33. The number of aromatic nitrogens is 1. The first-order valence-corrected chi connectivity index (χ1v) is 10.2. The van der Waals surface area contributed by atoms with Gasteiger partial charge in [0.15, 0.2) is 0 Å². The summed E-state index contributed by atoms with van der Waals surface area (Å²) >= 11 is 0. The van der Waals surface area contributed by atoms with Gasteiger partial charge in [-0.3, -0.25) is 4.57 Å². The number of benzene rings is 2. The minimum atomic E-state index is -4.79. The first kappa shape index (κ1) is 21.3. The summed E-state index contributed by atoms with van der Waals surface area (Å²) in [5.41, 5.74) is -2.43. The first-order valence-electron chi connectivity index (χ1n) is 10.2. The predicted molar refractivity (Wildman–Crippen MR) is 108 cm³/mol. The largest absolute Gasteiger partial charge is 0.494 e. The smallest absolute Gasteiger partial charge is 0.417 e. The minimum absolute atomic E-state index is 0.134. The van der Waals surface area contributed by atoms with Crippen molar-refractivity contribution in [3.05, 3.63) is 76.1 Å². The Hall–Kier alpha value is -3.51. The maximum atomic E-state index is 13.5. The third kappa shape index (κ3) is 3.01. The monoisotopic (exact) mass is 458 g/mol. The van der Waals surface area contributed by atoms with Crippen LogP contribution in [-0.2, 0) is 28.5 Å². The summed E-state index contributed by atoms with van der Waals surface area (Å²) in [7, 11) is 0. The number of alkyl halides is 3. The second-order valence-corrected chi connectivity index (χ2v) is 8.70. The van der Waals surface area contributed by atoms with Gasteiger partial charge in [0.2, 0.25) is 11.8 Å². The first-order chi connectivity index (χ1) is 15.5. The lowest BCUT2D eigenvalue weighted by Gasteiger charge is -2.26. The maximum absolute atomic E-state index is 13.5. The molecule has 0 amide bonds. The summed E-state index contributed by atoms with van der Waals surface area (Å²) in [6.07, 6.45) is -3.47. The van der Waals surface area contributed by atoms with Gasteiger partial charge in [-0.25, -0.2) is 4.39 Å². The molecule has 2 N–H and O–H groups in total. The van der Waals surface area contributed by atoms with E-state index in [9.17, 15) is 27.8 Å². The lowest BCUT2D eigenvalue weighted by Crippen LogP contribution is -2.25. The highest BCUT2D eigenvalue weighted by Crippen LogP contribution is 2.65. The van der Waals surface area contributed by atoms with Crippen LogP contribution in [0, 0.1) is 17.1 Å². The molecule has 2 aliphatic rings. The number of halogens is 4. The van der Waals surface area contributed by atoms with E-state index < -0.39 is 46.1 Å². The number of hydrogen-bond acceptors (Lipinski definition) is 4. The maximum Gasteiger partial charge on any atom is 0.417 e. The molecule has 5 rings (SSSR count). The van der Waals surface area contributed by atoms with Crippen molar-refractivity contribution in [2.75, 3.05) is 0 Å². The standard InChI is InChI=1S/C24H18F4N2O3/c1-22-8-9-23(33-22,11-13-2-5-15(25)6-3-13)19-18(22)20(31)30(21(19)32)16-7-4-14(12-29)17(10-16)24(26,27)28/h2-7,10,31-32H,8-9,11H2,1H3/t22-,23-/m0/s1. The van der Waals surface area contributed by atoms with Gasteiger partial charge in [0, 0.05) is 6.42 Å². The van der Waals surface area contributed by atoms with Crippen molar-refractivity contribution < 1.29 is 32.5 Å². The quantitative estimate of drug-likeness (QED) is 0.516. The Morgan fingerprint density at radius 2 is 1.73 bits per heavy atom. The lowest BCUT2D eigenvalue weighted by atomic mass is 9.76. The third-order valence-corrected chi connectivity index (χ3v) is 6.62. The molecule has 0 radical (unpaired) electrons. The summed E-state index contributed by atoms with van der Waals surface area (Å²) < 4.78 is 61.1. The molecule has 0 unspecified atom stereocenters. The van der Waals surface area contributed by atoms with Gasteiger partial charge in [-0.05, 0) is 55.7 Å². The van der Waals surface area contributed by atoms with Gasteiger partial charge < -0.3 is 14.9 Å². The Morgan fingerprint density at radius 3 is 2.36 bits per heavy atom. The molecule has 5 nitrogen and oxygen atoms in total. The number of nitrogens with zero attached hydrogens (tertiary/aromatic N) is 2. The number of ether oxygens (including phenoxy) is 1. The van der Waals surface area contributed by atoms with Crippen molar-refractivity contribution in [2.45, 2.75) is 43.6 Å². The number of rotatable bonds is 3. The molecule has 33 heavy (non-hydrogen) atoms. The second-order valence-electron chi connectivity index (χ2n) is 8.70. The molecule has 1 fully saturated rings. The topological polar surface area (TPSA) is 78.4 Å². The molecule has 2 aromatic carbocycles. The highest BCUT2D eigenvalue weighted by atomic mass is 19.4. The molecule has 2 aliphatic heterocycles. The van der Waals surface area contributed by atoms with E-state index in [0.717, 1.165) is 22.3 Å². The van der Waals surface area contributed by atoms with Crippen molar-refractivity contribution >= 4 is 0 Å². The molecule has 0 spiro atoms. The Kier molecular flexibility index (Phi) is 4.36. The Labute approximate surface area is 186 Å². The SMILES string of the molecule is C[C@@]12CC[C@@](Cc3ccc(F)cc3)(O1)c1c2c(O)n(-c2ccc(C#N)c(C(F)(F)F)c2)c1O. The number of hydrogen-bond donors (Lipinski definition) is 2. The third-order valence-electron chi connectivity index (χ3n) is 6.62. The van der Waals surface area contributed by atoms with E-state index in [4.69, 9.17) is 10.00 Å². The average molecular weight is 458 g/mol. The van der Waals surface area contributed by atoms with Gasteiger partial charge in [0.25, 0.3) is 0 Å². The van der Waals surface area contributed by atoms with E-state index in [0.29, 0.717) is 24.0 Å². The molecule has 2 bridgehead atoms. The van der Waals surface area contributed by atoms with Crippen molar-refractivity contribution in [1.82, 2.24) is 4.57 Å². The minimum Gasteiger partial charge on any atom is -0.494 e. The van der Waals surface area contributed by atoms with Crippen LogP contribution in [0.5, 0.6) is 11.8 Å². The van der Waals surface area contributed by atoms with Crippen molar-refractivity contribution in [3.8, 4) is 23.5 Å². The van der Waals surface area contributed by atoms with Crippen LogP contribution in [0.1, 0.15) is 47.6 Å². The van der Waals surface area contributed by atoms with Gasteiger partial charge in [-0.2, -0.15) is 18.4 Å². The Bertz CT molecular complexity index is 1320. The van der Waals surface area contributed by atoms with Crippen LogP contribution >= 0.6 is 0 Å². The lowest BCUT2D eigenvalue weighted by molar-refractivity contribution is -0.137. The van der Waals surface area contributed by atoms with Crippen LogP contribution in [0.2, 0.25) is 0 Å². The molecule has 1 saturated heterocycles. The molecule has 3 aromatic rings. The molecule has 3 heterocycles. The zero-order chi connectivity index (χ0) is 23.8. The van der Waals surface area contributed by atoms with Crippen molar-refractivity contribution in [2.24, 2.45) is 0 Å². The van der Waals surface area contributed by atoms with Crippen molar-refractivity contribution in [1.29, 1.82) is 5.26 Å². The van der Waals surface area contributed by atoms with Crippen LogP contribution < -0.4 is 0 Å². The predicted octanol–water partition coefficient (Wildman–Crippen LogP) is 5.40. The molecule has 9 heteroatoms. The number of aromatic hydroxyl groups is 2. The summed E-state index contributed by atoms with van der Waals surface area (Å²) in [6, 6.07) is 10.3. The van der Waals surface area contributed by atoms with Crippen molar-refractivity contribution in [3.63, 3.8) is 0 Å². The number of nitriles is 1. The Balaban J connectivity index is 1.68. The van der Waals surface area contributed by atoms with E-state index in [1.807, 2.05) is 0 Å². The fourth-order valence-electron chi connectivity index (χ4n) is 5.20. The molecule has 0 aliphatic carbocycles. The summed E-state index contributed by atoms with van der Waals surface area (Å²) in [5.74, 6) is -1.23. The van der Waals surface area contributed by atoms with E-state index in [-0.39, 0.29) is 12.1 Å². The summed E-state index contributed by atoms with van der Waals surface area (Å²) in [5, 5.41) is 31.2. The normalized spacial score (nSPS) is 23.5. The van der Waals surface area contributed by atoms with E-state index in [1.54, 1.807) is 19.1 Å². The molecule has 1 aromatic heterocycles. The fraction of sp³-hybridized carbons (Fsp3) is 0.292. The fourth-order valence-corrected chi connectivity index (χ4v) is 5.20. The molecule has 0 saturated carbocycles. The van der Waals surface area contributed by atoms with Gasteiger partial charge in [-0.15, -0.1) is 0 Å². The highest BCUT2D eigenvalue weighted by molar-refractivity contribution is 5.62. The van der Waals surface area contributed by atoms with E-state index in [1.165, 1.54) is 24.3 Å². The molecular weight excluding hydrogens is 440 g/mol. The van der Waals surface area contributed by atoms with Crippen LogP contribution in [0.25, 0.3) is 5.69 Å². The zero-order valence-corrected chi connectivity index (χ0v) is 17.4.